The smallest absolute Gasteiger partial charge is 0.279 e. The maximum Gasteiger partial charge on any atom is 0.279 e. The molecular weight excluding hydrogens is 316 g/mol. The molecule has 23 heavy (non-hydrogen) atoms. The normalized spacial score (nSPS) is 12.2. The maximum absolute atomic E-state index is 12.1. The van der Waals surface area contributed by atoms with Crippen molar-refractivity contribution in [2.45, 2.75) is 19.4 Å². The van der Waals surface area contributed by atoms with Crippen LogP contribution in [0, 0.1) is 11.3 Å². The van der Waals surface area contributed by atoms with E-state index in [-0.39, 0.29) is 24.9 Å². The van der Waals surface area contributed by atoms with Crippen LogP contribution in [0.5, 0.6) is 0 Å². The van der Waals surface area contributed by atoms with Gasteiger partial charge in [-0.05, 0) is 38.1 Å². The summed E-state index contributed by atoms with van der Waals surface area (Å²) in [5, 5.41) is 12.4. The number of nitrogens with zero attached hydrogens (tertiary/aromatic N) is 2. The molecule has 124 valence electrons. The van der Waals surface area contributed by atoms with E-state index in [2.05, 4.69) is 11.4 Å². The summed E-state index contributed by atoms with van der Waals surface area (Å²) in [6.07, 6.45) is 0. The van der Waals surface area contributed by atoms with Gasteiger partial charge in [0.05, 0.1) is 13.1 Å². The molecule has 6 nitrogen and oxygen atoms in total. The molecule has 0 fully saturated rings. The van der Waals surface area contributed by atoms with Crippen LogP contribution in [0.4, 0.5) is 5.69 Å². The van der Waals surface area contributed by atoms with E-state index in [1.54, 1.807) is 52.2 Å². The maximum atomic E-state index is 12.1. The number of carbonyl (C=O) groups excluding carboxylic acids is 2. The molecule has 7 heteroatoms. The van der Waals surface area contributed by atoms with Crippen LogP contribution in [-0.4, -0.2) is 49.4 Å². The number of hydrogen-bond donors (Lipinski definition) is 2. The molecule has 0 saturated heterocycles. The monoisotopic (exact) mass is 337 g/mol. The minimum Gasteiger partial charge on any atom is -0.323 e. The van der Waals surface area contributed by atoms with Gasteiger partial charge < -0.3 is 15.1 Å². The number of amides is 2. The number of anilines is 1. The fourth-order valence-electron chi connectivity index (χ4n) is 1.84. The van der Waals surface area contributed by atoms with Gasteiger partial charge in [-0.1, -0.05) is 11.6 Å². The van der Waals surface area contributed by atoms with Gasteiger partial charge in [-0.25, -0.2) is 0 Å². The molecule has 0 saturated carbocycles. The SMILES string of the molecule is CN(C(=O)C[NH+](C)CC(=O)Nc1ccc(Cl)cc1)C(C)(C)C#N. The van der Waals surface area contributed by atoms with Crippen molar-refractivity contribution in [3.63, 3.8) is 0 Å². The van der Waals surface area contributed by atoms with Crippen LogP contribution in [0.15, 0.2) is 24.3 Å². The molecule has 1 aromatic rings. The second-order valence-electron chi connectivity index (χ2n) is 5.99. The van der Waals surface area contributed by atoms with Crippen LogP contribution in [0.2, 0.25) is 5.02 Å². The van der Waals surface area contributed by atoms with Gasteiger partial charge in [0.1, 0.15) is 5.54 Å². The van der Waals surface area contributed by atoms with Crippen molar-refractivity contribution in [3.8, 4) is 6.07 Å². The van der Waals surface area contributed by atoms with Crippen molar-refractivity contribution < 1.29 is 14.5 Å². The third kappa shape index (κ3) is 5.89. The van der Waals surface area contributed by atoms with Crippen molar-refractivity contribution in [2.75, 3.05) is 32.5 Å². The summed E-state index contributed by atoms with van der Waals surface area (Å²) in [5.41, 5.74) is -0.218. The summed E-state index contributed by atoms with van der Waals surface area (Å²) in [4.78, 5) is 26.2. The molecule has 0 heterocycles. The summed E-state index contributed by atoms with van der Waals surface area (Å²) in [6, 6.07) is 8.88. The molecule has 0 aliphatic rings. The van der Waals surface area contributed by atoms with Gasteiger partial charge in [0.2, 0.25) is 0 Å². The minimum absolute atomic E-state index is 0.135. The van der Waals surface area contributed by atoms with Crippen LogP contribution < -0.4 is 10.2 Å². The molecule has 0 bridgehead atoms. The van der Waals surface area contributed by atoms with Crippen molar-refractivity contribution in [3.05, 3.63) is 29.3 Å². The molecule has 0 aromatic heterocycles. The van der Waals surface area contributed by atoms with E-state index in [0.717, 1.165) is 4.90 Å². The number of quaternary nitrogens is 1. The van der Waals surface area contributed by atoms with Gasteiger partial charge in [0.15, 0.2) is 13.1 Å². The second-order valence-corrected chi connectivity index (χ2v) is 6.43. The van der Waals surface area contributed by atoms with Crippen molar-refractivity contribution in [2.24, 2.45) is 0 Å². The fraction of sp³-hybridized carbons (Fsp3) is 0.438. The third-order valence-electron chi connectivity index (χ3n) is 3.53. The Labute approximate surface area is 141 Å². The summed E-state index contributed by atoms with van der Waals surface area (Å²) in [7, 11) is 3.35. The highest BCUT2D eigenvalue weighted by Gasteiger charge is 2.29. The number of hydrogen-bond acceptors (Lipinski definition) is 3. The molecule has 1 unspecified atom stereocenters. The predicted molar refractivity (Wildman–Crippen MR) is 89.2 cm³/mol. The van der Waals surface area contributed by atoms with Gasteiger partial charge in [-0.15, -0.1) is 0 Å². The highest BCUT2D eigenvalue weighted by molar-refractivity contribution is 6.30. The van der Waals surface area contributed by atoms with Crippen molar-refractivity contribution in [1.82, 2.24) is 4.90 Å². The molecule has 1 atom stereocenters. The van der Waals surface area contributed by atoms with E-state index >= 15 is 0 Å². The average Bonchev–Trinajstić information content (AvgIpc) is 2.48. The summed E-state index contributed by atoms with van der Waals surface area (Å²) < 4.78 is 0. The lowest BCUT2D eigenvalue weighted by Gasteiger charge is -2.29. The zero-order valence-electron chi connectivity index (χ0n) is 13.8. The first kappa shape index (κ1) is 18.9. The number of nitrogens with one attached hydrogen (secondary N) is 2. The summed E-state index contributed by atoms with van der Waals surface area (Å²) in [5.74, 6) is -0.381. The lowest BCUT2D eigenvalue weighted by Crippen LogP contribution is -3.11. The first-order chi connectivity index (χ1) is 10.7. The van der Waals surface area contributed by atoms with Crippen LogP contribution >= 0.6 is 11.6 Å². The Balaban J connectivity index is 2.51. The van der Waals surface area contributed by atoms with Gasteiger partial charge in [0, 0.05) is 17.8 Å². The van der Waals surface area contributed by atoms with Crippen molar-refractivity contribution >= 4 is 29.1 Å². The number of rotatable bonds is 6. The molecule has 0 spiro atoms. The standard InChI is InChI=1S/C16H21ClN4O2/c1-16(2,11-18)21(4)15(23)10-20(3)9-14(22)19-13-7-5-12(17)6-8-13/h5-8H,9-10H2,1-4H3,(H,19,22)/p+1. The molecule has 0 aliphatic carbocycles. The highest BCUT2D eigenvalue weighted by atomic mass is 35.5. The topological polar surface area (TPSA) is 77.6 Å². The average molecular weight is 338 g/mol. The Morgan fingerprint density at radius 3 is 2.39 bits per heavy atom. The van der Waals surface area contributed by atoms with E-state index in [4.69, 9.17) is 16.9 Å². The minimum atomic E-state index is -0.872. The zero-order valence-corrected chi connectivity index (χ0v) is 14.6. The Bertz CT molecular complexity index is 608. The highest BCUT2D eigenvalue weighted by Crippen LogP contribution is 2.13. The second kappa shape index (κ2) is 7.95. The number of benzene rings is 1. The Hall–Kier alpha value is -2.10. The number of likely N-dealkylation sites (N-methyl/N-ethyl adjacent to an activating group) is 2. The molecule has 1 rings (SSSR count). The fourth-order valence-corrected chi connectivity index (χ4v) is 1.96. The van der Waals surface area contributed by atoms with Gasteiger partial charge in [-0.3, -0.25) is 9.59 Å². The van der Waals surface area contributed by atoms with E-state index in [1.807, 2.05) is 0 Å². The zero-order chi connectivity index (χ0) is 17.6. The van der Waals surface area contributed by atoms with Gasteiger partial charge in [0.25, 0.3) is 11.8 Å². The number of halogens is 1. The lowest BCUT2D eigenvalue weighted by molar-refractivity contribution is -0.862. The Kier molecular flexibility index (Phi) is 6.55. The van der Waals surface area contributed by atoms with Crippen LogP contribution in [0.25, 0.3) is 0 Å². The molecule has 0 radical (unpaired) electrons. The molecular formula is C16H22ClN4O2+. The number of nitriles is 1. The van der Waals surface area contributed by atoms with Crippen LogP contribution in [0.1, 0.15) is 13.8 Å². The van der Waals surface area contributed by atoms with Crippen LogP contribution in [-0.2, 0) is 9.59 Å². The first-order valence-electron chi connectivity index (χ1n) is 7.20. The molecule has 1 aromatic carbocycles. The van der Waals surface area contributed by atoms with Gasteiger partial charge >= 0.3 is 0 Å². The first-order valence-corrected chi connectivity index (χ1v) is 7.58. The van der Waals surface area contributed by atoms with E-state index in [1.165, 1.54) is 4.90 Å². The van der Waals surface area contributed by atoms with E-state index < -0.39 is 5.54 Å². The number of carbonyl (C=O) groups is 2. The Morgan fingerprint density at radius 2 is 1.87 bits per heavy atom. The predicted octanol–water partition coefficient (Wildman–Crippen LogP) is 0.554. The van der Waals surface area contributed by atoms with Crippen LogP contribution in [0.3, 0.4) is 0 Å². The molecule has 0 aliphatic heterocycles. The summed E-state index contributed by atoms with van der Waals surface area (Å²) in [6.45, 7) is 3.63. The third-order valence-corrected chi connectivity index (χ3v) is 3.78. The molecule has 2 amide bonds. The Morgan fingerprint density at radius 1 is 1.30 bits per heavy atom. The molecule has 2 N–H and O–H groups in total. The van der Waals surface area contributed by atoms with E-state index in [0.29, 0.717) is 10.7 Å². The van der Waals surface area contributed by atoms with Crippen molar-refractivity contribution in [1.29, 1.82) is 5.26 Å². The van der Waals surface area contributed by atoms with E-state index in [9.17, 15) is 9.59 Å². The van der Waals surface area contributed by atoms with Gasteiger partial charge in [-0.2, -0.15) is 5.26 Å². The lowest BCUT2D eigenvalue weighted by atomic mass is 10.1. The quantitative estimate of drug-likeness (QED) is 0.796. The largest absolute Gasteiger partial charge is 0.323 e. The summed E-state index contributed by atoms with van der Waals surface area (Å²) >= 11 is 5.79.